The van der Waals surface area contributed by atoms with Crippen LogP contribution in [0, 0.1) is 5.92 Å². The fraction of sp³-hybridized carbons (Fsp3) is 0.727. The van der Waals surface area contributed by atoms with Crippen LogP contribution in [0.15, 0.2) is 30.3 Å². The number of hydrogen-bond acceptors (Lipinski definition) is 8. The number of rotatable bonds is 17. The van der Waals surface area contributed by atoms with Crippen LogP contribution >= 0.6 is 0 Å². The van der Waals surface area contributed by atoms with Gasteiger partial charge in [-0.3, -0.25) is 9.59 Å². The number of quaternary nitrogens is 1. The first-order valence-electron chi connectivity index (χ1n) is 16.3. The van der Waals surface area contributed by atoms with Crippen LogP contribution in [0.25, 0.3) is 0 Å². The summed E-state index contributed by atoms with van der Waals surface area (Å²) in [5.41, 5.74) is 6.51. The fourth-order valence-electron chi connectivity index (χ4n) is 6.27. The van der Waals surface area contributed by atoms with Crippen LogP contribution in [-0.4, -0.2) is 84.0 Å². The number of fused-ring (bicyclic) bond motifs is 1. The number of ether oxygens (including phenoxy) is 1. The number of carbonyl (C=O) groups is 3. The van der Waals surface area contributed by atoms with Gasteiger partial charge in [-0.15, -0.1) is 0 Å². The molecule has 2 fully saturated rings. The molecule has 0 radical (unpaired) electrons. The zero-order chi connectivity index (χ0) is 33.1. The van der Waals surface area contributed by atoms with E-state index in [9.17, 15) is 27.9 Å². The Balaban J connectivity index is 0.000000345. The number of esters is 1. The molecule has 1 unspecified atom stereocenters. The summed E-state index contributed by atoms with van der Waals surface area (Å²) < 4.78 is 30.3. The van der Waals surface area contributed by atoms with E-state index in [4.69, 9.17) is 10.5 Å². The number of β-lactam (4-membered cyclic amide) rings is 1. The maximum absolute atomic E-state index is 12.8. The first-order chi connectivity index (χ1) is 20.8. The van der Waals surface area contributed by atoms with Gasteiger partial charge in [0.25, 0.3) is 0 Å². The van der Waals surface area contributed by atoms with Crippen LogP contribution in [0.3, 0.4) is 0 Å². The summed E-state index contributed by atoms with van der Waals surface area (Å²) in [6.45, 7) is 17.4. The molecule has 2 N–H and O–H groups in total. The number of nitrogens with zero attached hydrogens (tertiary/aromatic N) is 2. The molecule has 1 amide bonds. The minimum Gasteiger partial charge on any atom is -0.548 e. The van der Waals surface area contributed by atoms with Gasteiger partial charge in [-0.1, -0.05) is 83.7 Å². The Morgan fingerprint density at radius 1 is 0.932 bits per heavy atom. The van der Waals surface area contributed by atoms with Gasteiger partial charge in [0.1, 0.15) is 18.0 Å². The lowest BCUT2D eigenvalue weighted by molar-refractivity contribution is -0.929. The Morgan fingerprint density at radius 3 is 1.80 bits per heavy atom. The van der Waals surface area contributed by atoms with Crippen LogP contribution in [0.4, 0.5) is 0 Å². The van der Waals surface area contributed by atoms with Crippen molar-refractivity contribution in [3.63, 3.8) is 0 Å². The molecule has 250 valence electrons. The zero-order valence-corrected chi connectivity index (χ0v) is 28.4. The molecule has 2 aliphatic heterocycles. The van der Waals surface area contributed by atoms with Gasteiger partial charge in [0.05, 0.1) is 48.9 Å². The Hall–Kier alpha value is -2.50. The van der Waals surface area contributed by atoms with Crippen LogP contribution in [0.1, 0.15) is 98.5 Å². The Morgan fingerprint density at radius 2 is 1.39 bits per heavy atom. The van der Waals surface area contributed by atoms with E-state index in [0.717, 1.165) is 4.90 Å². The molecule has 2 saturated heterocycles. The van der Waals surface area contributed by atoms with E-state index in [2.05, 4.69) is 27.7 Å². The maximum Gasteiger partial charge on any atom is 0.324 e. The third kappa shape index (κ3) is 8.40. The molecule has 0 aromatic heterocycles. The summed E-state index contributed by atoms with van der Waals surface area (Å²) >= 11 is 0. The van der Waals surface area contributed by atoms with Crippen molar-refractivity contribution >= 4 is 27.7 Å². The van der Waals surface area contributed by atoms with Crippen molar-refractivity contribution in [3.8, 4) is 0 Å². The summed E-state index contributed by atoms with van der Waals surface area (Å²) in [7, 11) is -4.09. The first kappa shape index (κ1) is 37.7. The van der Waals surface area contributed by atoms with Crippen LogP contribution in [0.2, 0.25) is 0 Å². The molecule has 1 aromatic carbocycles. The number of carboxylic acids is 1. The summed E-state index contributed by atoms with van der Waals surface area (Å²) in [5, 5.41) is 9.93. The van der Waals surface area contributed by atoms with E-state index >= 15 is 0 Å². The third-order valence-corrected chi connectivity index (χ3v) is 12.0. The standard InChI is InChI=1S/C17H20N2O7S.C16H36N/c1-17(2)12(15(21)22)19-13(20)10(14(19)27(17,24)25)11(18)16(23)26-8-9-6-4-3-5-7-9;1-5-9-13-17(14-10-6-2,15-11-7-3)16-12-8-4/h3-7,10-12,14H,8,18H2,1-2H3,(H,21,22);5-16H2,1-4H3/q;+1/p-1/t10-,11?,12-,14+;/m0./s1. The number of unbranched alkanes of at least 4 members (excludes halogenated alkanes) is 4. The van der Waals surface area contributed by atoms with Gasteiger partial charge >= 0.3 is 5.97 Å². The van der Waals surface area contributed by atoms with Gasteiger partial charge < -0.3 is 29.8 Å². The molecular weight excluding hydrogens is 582 g/mol. The normalized spacial score (nSPS) is 22.3. The number of amides is 1. The molecule has 3 rings (SSSR count). The number of carbonyl (C=O) groups excluding carboxylic acids is 3. The number of nitrogens with two attached hydrogens (primary N) is 1. The van der Waals surface area contributed by atoms with Gasteiger partial charge in [-0.05, 0) is 45.1 Å². The maximum atomic E-state index is 12.8. The SMILES string of the molecule is CC1(C)[C@H](C(=O)[O-])N2C(=O)[C@H](C(N)C(=O)OCc3ccccc3)[C@H]2S1(=O)=O.CCCC[N+](CCCC)(CCCC)CCCC. The fourth-order valence-corrected chi connectivity index (χ4v) is 8.61. The third-order valence-electron chi connectivity index (χ3n) is 9.16. The van der Waals surface area contributed by atoms with E-state index in [0.29, 0.717) is 5.56 Å². The number of aliphatic carboxylic acids is 1. The minimum atomic E-state index is -4.09. The summed E-state index contributed by atoms with van der Waals surface area (Å²) in [6.07, 6.45) is 11.1. The summed E-state index contributed by atoms with van der Waals surface area (Å²) in [4.78, 5) is 36.8. The lowest BCUT2D eigenvalue weighted by Gasteiger charge is -2.45. The first-order valence-corrected chi connectivity index (χ1v) is 17.9. The lowest BCUT2D eigenvalue weighted by atomic mass is 9.87. The van der Waals surface area contributed by atoms with Crippen LogP contribution < -0.4 is 10.8 Å². The molecule has 44 heavy (non-hydrogen) atoms. The lowest BCUT2D eigenvalue weighted by Crippen LogP contribution is -2.70. The Labute approximate surface area is 264 Å². The van der Waals surface area contributed by atoms with E-state index in [-0.39, 0.29) is 6.61 Å². The van der Waals surface area contributed by atoms with Crippen molar-refractivity contribution in [1.82, 2.24) is 4.90 Å². The predicted octanol–water partition coefficient (Wildman–Crippen LogP) is 3.17. The second kappa shape index (κ2) is 16.7. The second-order valence-corrected chi connectivity index (χ2v) is 15.4. The topological polar surface area (TPSA) is 147 Å². The van der Waals surface area contributed by atoms with Crippen molar-refractivity contribution in [2.24, 2.45) is 11.7 Å². The highest BCUT2D eigenvalue weighted by Gasteiger charge is 2.72. The number of carboxylic acid groups (broad SMARTS) is 1. The molecular formula is C33H55N3O7S. The molecule has 0 bridgehead atoms. The smallest absolute Gasteiger partial charge is 0.324 e. The zero-order valence-electron chi connectivity index (χ0n) is 27.6. The van der Waals surface area contributed by atoms with Crippen LogP contribution in [0.5, 0.6) is 0 Å². The van der Waals surface area contributed by atoms with Crippen molar-refractivity contribution in [2.75, 3.05) is 26.2 Å². The van der Waals surface area contributed by atoms with E-state index < -0.39 is 55.8 Å². The largest absolute Gasteiger partial charge is 0.548 e. The number of benzene rings is 1. The molecule has 0 spiro atoms. The number of hydrogen-bond donors (Lipinski definition) is 1. The van der Waals surface area contributed by atoms with Crippen molar-refractivity contribution < 1.29 is 37.1 Å². The van der Waals surface area contributed by atoms with E-state index in [1.165, 1.54) is 95.9 Å². The predicted molar refractivity (Wildman–Crippen MR) is 169 cm³/mol. The molecule has 11 heteroatoms. The average molecular weight is 638 g/mol. The molecule has 2 heterocycles. The molecule has 0 saturated carbocycles. The monoisotopic (exact) mass is 637 g/mol. The highest BCUT2D eigenvalue weighted by Crippen LogP contribution is 2.49. The molecule has 4 atom stereocenters. The van der Waals surface area contributed by atoms with Gasteiger partial charge in [0.2, 0.25) is 5.91 Å². The quantitative estimate of drug-likeness (QED) is 0.156. The Kier molecular flexibility index (Phi) is 14.3. The van der Waals surface area contributed by atoms with Gasteiger partial charge in [-0.25, -0.2) is 8.42 Å². The van der Waals surface area contributed by atoms with Gasteiger partial charge in [0, 0.05) is 0 Å². The van der Waals surface area contributed by atoms with Crippen molar-refractivity contribution in [1.29, 1.82) is 0 Å². The van der Waals surface area contributed by atoms with E-state index in [1.54, 1.807) is 30.3 Å². The van der Waals surface area contributed by atoms with E-state index in [1.807, 2.05) is 0 Å². The highest BCUT2D eigenvalue weighted by molar-refractivity contribution is 7.93. The van der Waals surface area contributed by atoms with Gasteiger partial charge in [-0.2, -0.15) is 0 Å². The Bertz CT molecular complexity index is 1150. The van der Waals surface area contributed by atoms with Crippen molar-refractivity contribution in [2.45, 2.75) is 122 Å². The summed E-state index contributed by atoms with van der Waals surface area (Å²) in [5.74, 6) is -4.80. The van der Waals surface area contributed by atoms with Crippen molar-refractivity contribution in [3.05, 3.63) is 35.9 Å². The molecule has 10 nitrogen and oxygen atoms in total. The van der Waals surface area contributed by atoms with Gasteiger partial charge in [0.15, 0.2) is 9.84 Å². The van der Waals surface area contributed by atoms with Crippen LogP contribution in [-0.2, 0) is 35.6 Å². The molecule has 1 aromatic rings. The number of sulfone groups is 1. The summed E-state index contributed by atoms with van der Waals surface area (Å²) in [6, 6.07) is 5.59. The molecule has 2 aliphatic rings. The minimum absolute atomic E-state index is 0.0808. The second-order valence-electron chi connectivity index (χ2n) is 12.8. The molecule has 0 aliphatic carbocycles. The average Bonchev–Trinajstić information content (AvgIpc) is 3.14. The highest BCUT2D eigenvalue weighted by atomic mass is 32.2.